The van der Waals surface area contributed by atoms with Crippen LogP contribution in [0.1, 0.15) is 49.9 Å². The highest BCUT2D eigenvalue weighted by atomic mass is 19.1. The zero-order chi connectivity index (χ0) is 13.1. The van der Waals surface area contributed by atoms with Crippen LogP contribution in [0.5, 0.6) is 5.75 Å². The van der Waals surface area contributed by atoms with Gasteiger partial charge in [0.2, 0.25) is 0 Å². The number of carbonyl (C=O) groups excluding carboxylic acids is 1. The smallest absolute Gasteiger partial charge is 0.163 e. The third-order valence-electron chi connectivity index (χ3n) is 3.50. The number of halogens is 1. The van der Waals surface area contributed by atoms with E-state index in [1.165, 1.54) is 25.5 Å². The predicted octanol–water partition coefficient (Wildman–Crippen LogP) is 3.99. The van der Waals surface area contributed by atoms with E-state index in [0.717, 1.165) is 19.3 Å². The predicted molar refractivity (Wildman–Crippen MR) is 68.5 cm³/mol. The minimum Gasteiger partial charge on any atom is -0.490 e. The molecule has 98 valence electrons. The first-order valence-corrected chi connectivity index (χ1v) is 6.53. The van der Waals surface area contributed by atoms with E-state index in [-0.39, 0.29) is 11.9 Å². The summed E-state index contributed by atoms with van der Waals surface area (Å²) in [5, 5.41) is 0. The summed E-state index contributed by atoms with van der Waals surface area (Å²) in [6.45, 7) is 3.65. The molecule has 1 fully saturated rings. The van der Waals surface area contributed by atoms with Gasteiger partial charge in [0.15, 0.2) is 5.78 Å². The molecule has 1 aromatic rings. The van der Waals surface area contributed by atoms with Crippen LogP contribution in [-0.4, -0.2) is 11.9 Å². The van der Waals surface area contributed by atoms with Crippen molar-refractivity contribution in [1.29, 1.82) is 0 Å². The number of carbonyl (C=O) groups is 1. The maximum Gasteiger partial charge on any atom is 0.163 e. The molecule has 1 aliphatic carbocycles. The maximum absolute atomic E-state index is 13.1. The molecular formula is C15H19FO2. The van der Waals surface area contributed by atoms with E-state index in [4.69, 9.17) is 4.74 Å². The Kier molecular flexibility index (Phi) is 4.00. The van der Waals surface area contributed by atoms with Gasteiger partial charge in [-0.05, 0) is 50.3 Å². The van der Waals surface area contributed by atoms with Gasteiger partial charge in [0.05, 0.1) is 11.7 Å². The van der Waals surface area contributed by atoms with Gasteiger partial charge in [0.25, 0.3) is 0 Å². The third kappa shape index (κ3) is 3.09. The molecule has 3 heteroatoms. The van der Waals surface area contributed by atoms with Crippen molar-refractivity contribution in [3.63, 3.8) is 0 Å². The normalized spacial score (nSPS) is 23.7. The number of ether oxygens (including phenoxy) is 1. The van der Waals surface area contributed by atoms with Crippen LogP contribution >= 0.6 is 0 Å². The lowest BCUT2D eigenvalue weighted by Gasteiger charge is -2.28. The van der Waals surface area contributed by atoms with Crippen LogP contribution < -0.4 is 4.74 Å². The van der Waals surface area contributed by atoms with E-state index in [0.29, 0.717) is 17.2 Å². The van der Waals surface area contributed by atoms with E-state index in [1.807, 2.05) is 0 Å². The van der Waals surface area contributed by atoms with Gasteiger partial charge in [0.1, 0.15) is 11.6 Å². The van der Waals surface area contributed by atoms with E-state index >= 15 is 0 Å². The van der Waals surface area contributed by atoms with Gasteiger partial charge < -0.3 is 4.74 Å². The molecule has 1 aliphatic rings. The largest absolute Gasteiger partial charge is 0.490 e. The molecule has 0 heterocycles. The molecule has 0 bridgehead atoms. The van der Waals surface area contributed by atoms with E-state index in [1.54, 1.807) is 6.07 Å². The minimum absolute atomic E-state index is 0.150. The van der Waals surface area contributed by atoms with Crippen LogP contribution in [0.25, 0.3) is 0 Å². The van der Waals surface area contributed by atoms with E-state index < -0.39 is 5.82 Å². The SMILES string of the molecule is CC(=O)c1cc(F)ccc1OC1CCCC(C)C1. The topological polar surface area (TPSA) is 26.3 Å². The summed E-state index contributed by atoms with van der Waals surface area (Å²) in [6.07, 6.45) is 4.57. The third-order valence-corrected chi connectivity index (χ3v) is 3.50. The highest BCUT2D eigenvalue weighted by molar-refractivity contribution is 5.96. The quantitative estimate of drug-likeness (QED) is 0.758. The summed E-state index contributed by atoms with van der Waals surface area (Å²) in [6, 6.07) is 4.16. The molecule has 2 atom stereocenters. The van der Waals surface area contributed by atoms with Crippen LogP contribution in [0.4, 0.5) is 4.39 Å². The number of rotatable bonds is 3. The summed E-state index contributed by atoms with van der Waals surface area (Å²) in [4.78, 5) is 11.5. The van der Waals surface area contributed by atoms with Gasteiger partial charge in [-0.25, -0.2) is 4.39 Å². The molecule has 2 unspecified atom stereocenters. The second-order valence-electron chi connectivity index (χ2n) is 5.21. The monoisotopic (exact) mass is 250 g/mol. The molecule has 0 N–H and O–H groups in total. The fourth-order valence-corrected chi connectivity index (χ4v) is 2.55. The Hall–Kier alpha value is -1.38. The molecule has 1 aromatic carbocycles. The average molecular weight is 250 g/mol. The van der Waals surface area contributed by atoms with Crippen molar-refractivity contribution in [3.05, 3.63) is 29.6 Å². The van der Waals surface area contributed by atoms with Crippen molar-refractivity contribution in [2.45, 2.75) is 45.6 Å². The molecular weight excluding hydrogens is 231 g/mol. The van der Waals surface area contributed by atoms with Gasteiger partial charge in [-0.15, -0.1) is 0 Å². The number of benzene rings is 1. The number of hydrogen-bond acceptors (Lipinski definition) is 2. The van der Waals surface area contributed by atoms with Gasteiger partial charge >= 0.3 is 0 Å². The Morgan fingerprint density at radius 1 is 1.39 bits per heavy atom. The lowest BCUT2D eigenvalue weighted by Crippen LogP contribution is -2.24. The van der Waals surface area contributed by atoms with Crippen LogP contribution in [0.2, 0.25) is 0 Å². The molecule has 2 rings (SSSR count). The number of hydrogen-bond donors (Lipinski definition) is 0. The zero-order valence-corrected chi connectivity index (χ0v) is 10.9. The van der Waals surface area contributed by atoms with Crippen LogP contribution in [0.15, 0.2) is 18.2 Å². The molecule has 2 nitrogen and oxygen atoms in total. The molecule has 0 amide bonds. The van der Waals surface area contributed by atoms with Gasteiger partial charge in [-0.2, -0.15) is 0 Å². The van der Waals surface area contributed by atoms with Crippen LogP contribution in [0, 0.1) is 11.7 Å². The fraction of sp³-hybridized carbons (Fsp3) is 0.533. The van der Waals surface area contributed by atoms with Crippen molar-refractivity contribution in [3.8, 4) is 5.75 Å². The Labute approximate surface area is 107 Å². The molecule has 0 spiro atoms. The molecule has 18 heavy (non-hydrogen) atoms. The van der Waals surface area contributed by atoms with Crippen LogP contribution in [0.3, 0.4) is 0 Å². The number of ketones is 1. The Balaban J connectivity index is 2.15. The van der Waals surface area contributed by atoms with Crippen LogP contribution in [-0.2, 0) is 0 Å². The van der Waals surface area contributed by atoms with Crippen molar-refractivity contribution in [2.75, 3.05) is 0 Å². The van der Waals surface area contributed by atoms with Gasteiger partial charge in [-0.1, -0.05) is 13.3 Å². The highest BCUT2D eigenvalue weighted by Gasteiger charge is 2.21. The molecule has 0 saturated heterocycles. The molecule has 0 aliphatic heterocycles. The first-order valence-electron chi connectivity index (χ1n) is 6.53. The second-order valence-corrected chi connectivity index (χ2v) is 5.21. The van der Waals surface area contributed by atoms with Crippen molar-refractivity contribution in [2.24, 2.45) is 5.92 Å². The second kappa shape index (κ2) is 5.51. The van der Waals surface area contributed by atoms with Crippen molar-refractivity contribution < 1.29 is 13.9 Å². The summed E-state index contributed by atoms with van der Waals surface area (Å²) in [5.41, 5.74) is 0.341. The lowest BCUT2D eigenvalue weighted by molar-refractivity contribution is 0.0992. The molecule has 1 saturated carbocycles. The van der Waals surface area contributed by atoms with E-state index in [9.17, 15) is 9.18 Å². The Morgan fingerprint density at radius 3 is 2.83 bits per heavy atom. The Morgan fingerprint density at radius 2 is 2.17 bits per heavy atom. The average Bonchev–Trinajstić information content (AvgIpc) is 2.31. The van der Waals surface area contributed by atoms with Crippen molar-refractivity contribution in [1.82, 2.24) is 0 Å². The maximum atomic E-state index is 13.1. The van der Waals surface area contributed by atoms with E-state index in [2.05, 4.69) is 6.92 Å². The van der Waals surface area contributed by atoms with Crippen molar-refractivity contribution >= 4 is 5.78 Å². The first-order chi connectivity index (χ1) is 8.56. The fourth-order valence-electron chi connectivity index (χ4n) is 2.55. The molecule has 0 aromatic heterocycles. The minimum atomic E-state index is -0.399. The lowest BCUT2D eigenvalue weighted by atomic mass is 9.88. The van der Waals surface area contributed by atoms with Gasteiger partial charge in [0, 0.05) is 0 Å². The summed E-state index contributed by atoms with van der Waals surface area (Å²) < 4.78 is 19.0. The number of Topliss-reactive ketones (excluding diaryl/α,β-unsaturated/α-hetero) is 1. The summed E-state index contributed by atoms with van der Waals surface area (Å²) in [7, 11) is 0. The summed E-state index contributed by atoms with van der Waals surface area (Å²) in [5.74, 6) is 0.617. The standard InChI is InChI=1S/C15H19FO2/c1-10-4-3-5-13(8-10)18-15-7-6-12(16)9-14(15)11(2)17/h6-7,9-10,13H,3-5,8H2,1-2H3. The highest BCUT2D eigenvalue weighted by Crippen LogP contribution is 2.29. The molecule has 0 radical (unpaired) electrons. The Bertz CT molecular complexity index is 442. The first kappa shape index (κ1) is 13.1. The van der Waals surface area contributed by atoms with Gasteiger partial charge in [-0.3, -0.25) is 4.79 Å². The summed E-state index contributed by atoms with van der Waals surface area (Å²) >= 11 is 0. The zero-order valence-electron chi connectivity index (χ0n) is 10.9.